The van der Waals surface area contributed by atoms with Crippen molar-refractivity contribution >= 4 is 11.6 Å². The molecule has 3 aromatic rings. The van der Waals surface area contributed by atoms with Gasteiger partial charge in [-0.15, -0.1) is 0 Å². The van der Waals surface area contributed by atoms with Gasteiger partial charge in [0, 0.05) is 44.6 Å². The second-order valence-corrected chi connectivity index (χ2v) is 7.36. The maximum atomic E-state index is 12.4. The third kappa shape index (κ3) is 5.89. The minimum atomic E-state index is 0.00454. The summed E-state index contributed by atoms with van der Waals surface area (Å²) in [4.78, 5) is 21.4. The van der Waals surface area contributed by atoms with Gasteiger partial charge in [0.1, 0.15) is 11.5 Å². The molecule has 30 heavy (non-hydrogen) atoms. The number of hydrogen-bond acceptors (Lipinski definition) is 5. The molecular formula is C24H26N4O2. The largest absolute Gasteiger partial charge is 0.457 e. The highest BCUT2D eigenvalue weighted by atomic mass is 16.5. The molecule has 1 aliphatic heterocycles. The molecule has 1 amide bonds. The number of piperazine rings is 1. The lowest BCUT2D eigenvalue weighted by molar-refractivity contribution is -0.117. The summed E-state index contributed by atoms with van der Waals surface area (Å²) in [5.41, 5.74) is 1.86. The van der Waals surface area contributed by atoms with Gasteiger partial charge in [-0.25, -0.2) is 0 Å². The Kier molecular flexibility index (Phi) is 6.69. The highest BCUT2D eigenvalue weighted by molar-refractivity contribution is 5.92. The normalized spacial score (nSPS) is 14.9. The monoisotopic (exact) mass is 402 g/mol. The zero-order valence-corrected chi connectivity index (χ0v) is 16.9. The van der Waals surface area contributed by atoms with Crippen LogP contribution in [0.15, 0.2) is 79.0 Å². The first kappa shape index (κ1) is 20.1. The quantitative estimate of drug-likeness (QED) is 0.654. The van der Waals surface area contributed by atoms with Crippen LogP contribution in [0.25, 0.3) is 0 Å². The molecular weight excluding hydrogens is 376 g/mol. The lowest BCUT2D eigenvalue weighted by Gasteiger charge is -2.34. The molecule has 1 aromatic heterocycles. The summed E-state index contributed by atoms with van der Waals surface area (Å²) in [5, 5.41) is 2.97. The van der Waals surface area contributed by atoms with E-state index >= 15 is 0 Å². The Hall–Kier alpha value is -3.22. The fourth-order valence-corrected chi connectivity index (χ4v) is 3.46. The van der Waals surface area contributed by atoms with Crippen molar-refractivity contribution in [2.45, 2.75) is 6.54 Å². The molecule has 0 atom stereocenters. The number of hydrogen-bond donors (Lipinski definition) is 1. The summed E-state index contributed by atoms with van der Waals surface area (Å²) < 4.78 is 5.78. The van der Waals surface area contributed by atoms with Crippen LogP contribution in [0.3, 0.4) is 0 Å². The number of carbonyl (C=O) groups is 1. The van der Waals surface area contributed by atoms with Gasteiger partial charge in [-0.05, 0) is 48.5 Å². The Morgan fingerprint density at radius 2 is 1.50 bits per heavy atom. The van der Waals surface area contributed by atoms with E-state index in [-0.39, 0.29) is 5.91 Å². The van der Waals surface area contributed by atoms with E-state index in [0.717, 1.165) is 55.6 Å². The van der Waals surface area contributed by atoms with Crippen molar-refractivity contribution in [1.82, 2.24) is 14.8 Å². The average molecular weight is 402 g/mol. The van der Waals surface area contributed by atoms with Crippen LogP contribution in [-0.2, 0) is 11.3 Å². The SMILES string of the molecule is O=C(CN1CCN(Cc2ccccn2)CC1)Nc1ccc(Oc2ccccc2)cc1. The third-order valence-electron chi connectivity index (χ3n) is 5.06. The summed E-state index contributed by atoms with van der Waals surface area (Å²) in [6, 6.07) is 23.1. The molecule has 154 valence electrons. The van der Waals surface area contributed by atoms with Gasteiger partial charge in [0.25, 0.3) is 0 Å². The van der Waals surface area contributed by atoms with Crippen LogP contribution in [-0.4, -0.2) is 53.4 Å². The maximum Gasteiger partial charge on any atom is 0.238 e. The first-order chi connectivity index (χ1) is 14.7. The Bertz CT molecular complexity index is 924. The Labute approximate surface area is 177 Å². The molecule has 4 rings (SSSR count). The molecule has 1 fully saturated rings. The van der Waals surface area contributed by atoms with Crippen molar-refractivity contribution in [2.24, 2.45) is 0 Å². The molecule has 0 radical (unpaired) electrons. The highest BCUT2D eigenvalue weighted by Gasteiger charge is 2.19. The van der Waals surface area contributed by atoms with Gasteiger partial charge >= 0.3 is 0 Å². The lowest BCUT2D eigenvalue weighted by atomic mass is 10.2. The van der Waals surface area contributed by atoms with Crippen molar-refractivity contribution in [1.29, 1.82) is 0 Å². The Morgan fingerprint density at radius 1 is 0.833 bits per heavy atom. The maximum absolute atomic E-state index is 12.4. The zero-order valence-electron chi connectivity index (χ0n) is 16.9. The fraction of sp³-hybridized carbons (Fsp3) is 0.250. The fourth-order valence-electron chi connectivity index (χ4n) is 3.46. The molecule has 2 aromatic carbocycles. The highest BCUT2D eigenvalue weighted by Crippen LogP contribution is 2.22. The van der Waals surface area contributed by atoms with Gasteiger partial charge in [0.2, 0.25) is 5.91 Å². The molecule has 6 heteroatoms. The van der Waals surface area contributed by atoms with E-state index < -0.39 is 0 Å². The smallest absolute Gasteiger partial charge is 0.238 e. The Balaban J connectivity index is 1.20. The summed E-state index contributed by atoms with van der Waals surface area (Å²) >= 11 is 0. The van der Waals surface area contributed by atoms with Crippen molar-refractivity contribution in [3.63, 3.8) is 0 Å². The first-order valence-corrected chi connectivity index (χ1v) is 10.2. The number of benzene rings is 2. The minimum absolute atomic E-state index is 0.00454. The van der Waals surface area contributed by atoms with Crippen LogP contribution >= 0.6 is 0 Å². The number of rotatable bonds is 7. The summed E-state index contributed by atoms with van der Waals surface area (Å²) in [6.45, 7) is 4.90. The molecule has 0 bridgehead atoms. The van der Waals surface area contributed by atoms with Gasteiger partial charge in [0.05, 0.1) is 12.2 Å². The van der Waals surface area contributed by atoms with Crippen LogP contribution < -0.4 is 10.1 Å². The summed E-state index contributed by atoms with van der Waals surface area (Å²) in [7, 11) is 0. The molecule has 0 unspecified atom stereocenters. The van der Waals surface area contributed by atoms with Crippen LogP contribution in [0, 0.1) is 0 Å². The second kappa shape index (κ2) is 10.0. The van der Waals surface area contributed by atoms with Gasteiger partial charge in [-0.1, -0.05) is 24.3 Å². The topological polar surface area (TPSA) is 57.7 Å². The second-order valence-electron chi connectivity index (χ2n) is 7.36. The summed E-state index contributed by atoms with van der Waals surface area (Å²) in [5.74, 6) is 1.53. The molecule has 1 N–H and O–H groups in total. The Morgan fingerprint density at radius 3 is 2.20 bits per heavy atom. The number of nitrogens with one attached hydrogen (secondary N) is 1. The van der Waals surface area contributed by atoms with E-state index in [1.54, 1.807) is 0 Å². The van der Waals surface area contributed by atoms with Crippen LogP contribution in [0.1, 0.15) is 5.69 Å². The molecule has 0 aliphatic carbocycles. The van der Waals surface area contributed by atoms with Gasteiger partial charge in [0.15, 0.2) is 0 Å². The number of aromatic nitrogens is 1. The van der Waals surface area contributed by atoms with Crippen LogP contribution in [0.4, 0.5) is 5.69 Å². The number of anilines is 1. The van der Waals surface area contributed by atoms with Crippen molar-refractivity contribution in [2.75, 3.05) is 38.0 Å². The molecule has 2 heterocycles. The van der Waals surface area contributed by atoms with Gasteiger partial charge in [-0.3, -0.25) is 19.6 Å². The first-order valence-electron chi connectivity index (χ1n) is 10.2. The number of carbonyl (C=O) groups excluding carboxylic acids is 1. The zero-order chi connectivity index (χ0) is 20.6. The number of pyridine rings is 1. The van der Waals surface area contributed by atoms with Crippen LogP contribution in [0.2, 0.25) is 0 Å². The van der Waals surface area contributed by atoms with Gasteiger partial charge < -0.3 is 10.1 Å². The van der Waals surface area contributed by atoms with Gasteiger partial charge in [-0.2, -0.15) is 0 Å². The molecule has 1 saturated heterocycles. The van der Waals surface area contributed by atoms with E-state index in [4.69, 9.17) is 4.74 Å². The van der Waals surface area contributed by atoms with E-state index in [1.807, 2.05) is 72.9 Å². The number of para-hydroxylation sites is 1. The average Bonchev–Trinajstić information content (AvgIpc) is 2.78. The standard InChI is InChI=1S/C24H26N4O2/c29-24(19-28-16-14-27(15-17-28)18-21-6-4-5-13-25-21)26-20-9-11-23(12-10-20)30-22-7-2-1-3-8-22/h1-13H,14-19H2,(H,26,29). The molecule has 1 aliphatic rings. The van der Waals surface area contributed by atoms with Crippen LogP contribution in [0.5, 0.6) is 11.5 Å². The molecule has 6 nitrogen and oxygen atoms in total. The van der Waals surface area contributed by atoms with Crippen molar-refractivity contribution in [3.8, 4) is 11.5 Å². The predicted molar refractivity (Wildman–Crippen MR) is 118 cm³/mol. The minimum Gasteiger partial charge on any atom is -0.457 e. The number of amides is 1. The lowest BCUT2D eigenvalue weighted by Crippen LogP contribution is -2.48. The predicted octanol–water partition coefficient (Wildman–Crippen LogP) is 3.63. The summed E-state index contributed by atoms with van der Waals surface area (Å²) in [6.07, 6.45) is 1.83. The van der Waals surface area contributed by atoms with E-state index in [0.29, 0.717) is 6.54 Å². The third-order valence-corrected chi connectivity index (χ3v) is 5.06. The van der Waals surface area contributed by atoms with E-state index in [9.17, 15) is 4.79 Å². The number of nitrogens with zero attached hydrogens (tertiary/aromatic N) is 3. The number of ether oxygens (including phenoxy) is 1. The molecule has 0 saturated carbocycles. The van der Waals surface area contributed by atoms with E-state index in [1.165, 1.54) is 0 Å². The van der Waals surface area contributed by atoms with Crippen molar-refractivity contribution in [3.05, 3.63) is 84.7 Å². The van der Waals surface area contributed by atoms with E-state index in [2.05, 4.69) is 26.2 Å². The molecule has 0 spiro atoms. The van der Waals surface area contributed by atoms with Crippen molar-refractivity contribution < 1.29 is 9.53 Å².